The summed E-state index contributed by atoms with van der Waals surface area (Å²) in [5.74, 6) is -0.825. The largest absolute Gasteiger partial charge is 0.360 e. The van der Waals surface area contributed by atoms with Crippen molar-refractivity contribution in [2.45, 2.75) is 69.5 Å². The van der Waals surface area contributed by atoms with E-state index in [9.17, 15) is 17.6 Å². The number of sulfonamides is 1. The number of benzene rings is 3. The van der Waals surface area contributed by atoms with E-state index in [1.165, 1.54) is 18.2 Å². The fraction of sp³-hybridized carbons (Fsp3) is 0.382. The Balaban J connectivity index is 1.40. The van der Waals surface area contributed by atoms with E-state index in [1.54, 1.807) is 37.8 Å². The van der Waals surface area contributed by atoms with Crippen LogP contribution in [-0.2, 0) is 28.1 Å². The molecular weight excluding hydrogens is 615 g/mol. The van der Waals surface area contributed by atoms with Crippen LogP contribution in [0.15, 0.2) is 77.8 Å². The van der Waals surface area contributed by atoms with E-state index in [1.807, 2.05) is 41.1 Å². The van der Waals surface area contributed by atoms with Crippen LogP contribution >= 0.6 is 11.6 Å². The second-order valence-corrected chi connectivity index (χ2v) is 14.9. The molecule has 3 aromatic carbocycles. The first kappa shape index (κ1) is 27.8. The molecule has 0 aliphatic carbocycles. The zero-order valence-corrected chi connectivity index (χ0v) is 27.0. The van der Waals surface area contributed by atoms with E-state index in [2.05, 4.69) is 4.90 Å². The number of ether oxygens (including phenoxy) is 1. The van der Waals surface area contributed by atoms with E-state index >= 15 is 0 Å². The fourth-order valence-electron chi connectivity index (χ4n) is 6.35. The van der Waals surface area contributed by atoms with Crippen LogP contribution in [0.3, 0.4) is 0 Å². The zero-order valence-electron chi connectivity index (χ0n) is 28.4. The first-order valence-electron chi connectivity index (χ1n) is 16.4. The summed E-state index contributed by atoms with van der Waals surface area (Å²) in [6.45, 7) is 3.00. The number of rotatable bonds is 8. The minimum atomic E-state index is -4.50. The van der Waals surface area contributed by atoms with Gasteiger partial charge in [-0.25, -0.2) is 12.8 Å². The molecule has 2 bridgehead atoms. The van der Waals surface area contributed by atoms with Gasteiger partial charge in [-0.1, -0.05) is 41.9 Å². The highest BCUT2D eigenvalue weighted by Crippen LogP contribution is 2.41. The average molecular weight is 656 g/mol. The number of hydrogen-bond acceptors (Lipinski definition) is 5. The van der Waals surface area contributed by atoms with Gasteiger partial charge < -0.3 is 19.1 Å². The number of nitrogens with zero attached hydrogens (tertiary/aromatic N) is 4. The molecule has 2 aliphatic heterocycles. The third-order valence-electron chi connectivity index (χ3n) is 8.51. The van der Waals surface area contributed by atoms with Crippen molar-refractivity contribution >= 4 is 44.1 Å². The molecular formula is C34H38ClFN4O4S. The van der Waals surface area contributed by atoms with Gasteiger partial charge in [0.05, 0.1) is 33.3 Å². The van der Waals surface area contributed by atoms with E-state index in [-0.39, 0.29) is 40.2 Å². The van der Waals surface area contributed by atoms with E-state index in [0.29, 0.717) is 35.1 Å². The van der Waals surface area contributed by atoms with Crippen molar-refractivity contribution in [1.82, 2.24) is 13.8 Å². The van der Waals surface area contributed by atoms with Gasteiger partial charge in [-0.15, -0.1) is 0 Å². The Kier molecular flexibility index (Phi) is 7.46. The lowest BCUT2D eigenvalue weighted by molar-refractivity contribution is 0.0667. The lowest BCUT2D eigenvalue weighted by Crippen LogP contribution is -2.55. The second kappa shape index (κ2) is 12.1. The van der Waals surface area contributed by atoms with E-state index in [0.717, 1.165) is 30.0 Å². The Morgan fingerprint density at radius 2 is 1.78 bits per heavy atom. The number of anilines is 1. The zero-order chi connectivity index (χ0) is 34.6. The van der Waals surface area contributed by atoms with Gasteiger partial charge in [0.2, 0.25) is 10.0 Å². The minimum absolute atomic E-state index is 0.0420. The number of carbonyl (C=O) groups excluding carboxylic acids is 1. The molecule has 0 spiro atoms. The molecule has 4 aromatic rings. The molecule has 6 rings (SSSR count). The molecule has 2 unspecified atom stereocenters. The lowest BCUT2D eigenvalue weighted by Gasteiger charge is -2.43. The van der Waals surface area contributed by atoms with Gasteiger partial charge in [0, 0.05) is 53.4 Å². The van der Waals surface area contributed by atoms with Crippen molar-refractivity contribution in [2.75, 3.05) is 25.0 Å². The highest BCUT2D eigenvalue weighted by molar-refractivity contribution is 7.89. The van der Waals surface area contributed by atoms with Crippen LogP contribution in [-0.4, -0.2) is 65.8 Å². The number of halogens is 2. The Hall–Kier alpha value is -3.44. The summed E-state index contributed by atoms with van der Waals surface area (Å²) < 4.78 is 75.1. The number of amides is 1. The molecule has 45 heavy (non-hydrogen) atoms. The van der Waals surface area contributed by atoms with Gasteiger partial charge in [-0.2, -0.15) is 4.31 Å². The summed E-state index contributed by atoms with van der Waals surface area (Å²) in [6.07, 6.45) is 3.33. The van der Waals surface area contributed by atoms with Crippen LogP contribution in [0.5, 0.6) is 0 Å². The maximum atomic E-state index is 14.2. The molecule has 0 saturated carbocycles. The SMILES string of the molecule is [2H]C([2H])([2H])N(C(C)(C)C)S(=O)(=O)c1cc(N2C3CCC2CN(C(=O)c2ccc(F)cc2Cl)C3)c2c(ccn2COCc2ccccc2)c1. The standard InChI is InChI=1S/C34H38ClFN4O4S/c1-34(2,3)37(4)45(42,43)28-16-24-14-15-38(22-44-21-23-8-6-5-7-9-23)32(24)31(18-28)40-26-11-12-27(40)20-39(19-26)33(41)29-13-10-25(36)17-30(29)35/h5-10,13-18,26-27H,11-12,19-22H2,1-4H3/i4D3. The molecule has 2 aliphatic rings. The van der Waals surface area contributed by atoms with Gasteiger partial charge in [-0.3, -0.25) is 4.79 Å². The predicted molar refractivity (Wildman–Crippen MR) is 174 cm³/mol. The minimum Gasteiger partial charge on any atom is -0.360 e. The monoisotopic (exact) mass is 655 g/mol. The Morgan fingerprint density at radius 1 is 1.07 bits per heavy atom. The first-order valence-corrected chi connectivity index (χ1v) is 16.7. The highest BCUT2D eigenvalue weighted by atomic mass is 35.5. The Labute approximate surface area is 273 Å². The lowest BCUT2D eigenvalue weighted by atomic mass is 10.1. The second-order valence-electron chi connectivity index (χ2n) is 12.7. The van der Waals surface area contributed by atoms with Crippen molar-refractivity contribution < 1.29 is 26.5 Å². The maximum absolute atomic E-state index is 14.2. The molecule has 1 aromatic heterocycles. The third kappa shape index (κ3) is 6.08. The van der Waals surface area contributed by atoms with Crippen molar-refractivity contribution in [2.24, 2.45) is 0 Å². The quantitative estimate of drug-likeness (QED) is 0.216. The molecule has 11 heteroatoms. The maximum Gasteiger partial charge on any atom is 0.255 e. The molecule has 238 valence electrons. The molecule has 0 radical (unpaired) electrons. The summed E-state index contributed by atoms with van der Waals surface area (Å²) in [7, 11) is -4.50. The predicted octanol–water partition coefficient (Wildman–Crippen LogP) is 6.52. The molecule has 2 fully saturated rings. The van der Waals surface area contributed by atoms with Crippen LogP contribution in [0, 0.1) is 5.82 Å². The van der Waals surface area contributed by atoms with Crippen molar-refractivity contribution in [1.29, 1.82) is 0 Å². The van der Waals surface area contributed by atoms with Crippen molar-refractivity contribution in [3.05, 3.63) is 94.9 Å². The smallest absolute Gasteiger partial charge is 0.255 e. The summed E-state index contributed by atoms with van der Waals surface area (Å²) >= 11 is 6.24. The summed E-state index contributed by atoms with van der Waals surface area (Å²) in [5.41, 5.74) is 1.37. The number of fused-ring (bicyclic) bond motifs is 3. The van der Waals surface area contributed by atoms with Gasteiger partial charge in [0.25, 0.3) is 5.91 Å². The molecule has 1 amide bonds. The Morgan fingerprint density at radius 3 is 2.42 bits per heavy atom. The van der Waals surface area contributed by atoms with Crippen LogP contribution in [0.4, 0.5) is 10.1 Å². The third-order valence-corrected chi connectivity index (χ3v) is 10.7. The number of piperazine rings is 1. The number of likely N-dealkylation sites (tertiary alicyclic amines) is 1. The van der Waals surface area contributed by atoms with Gasteiger partial charge in [-0.05, 0) is 75.6 Å². The van der Waals surface area contributed by atoms with Gasteiger partial charge in [0.1, 0.15) is 12.5 Å². The van der Waals surface area contributed by atoms with Crippen LogP contribution < -0.4 is 4.90 Å². The number of carbonyl (C=O) groups is 1. The summed E-state index contributed by atoms with van der Waals surface area (Å²) in [5, 5.41) is 0.658. The van der Waals surface area contributed by atoms with Gasteiger partial charge >= 0.3 is 0 Å². The fourth-order valence-corrected chi connectivity index (χ4v) is 8.07. The average Bonchev–Trinajstić information content (AvgIpc) is 3.52. The van der Waals surface area contributed by atoms with Crippen LogP contribution in [0.2, 0.25) is 5.02 Å². The molecule has 3 heterocycles. The Bertz CT molecular complexity index is 1920. The summed E-state index contributed by atoms with van der Waals surface area (Å²) in [4.78, 5) is 17.3. The van der Waals surface area contributed by atoms with Crippen LogP contribution in [0.25, 0.3) is 10.9 Å². The van der Waals surface area contributed by atoms with Crippen molar-refractivity contribution in [3.8, 4) is 0 Å². The molecule has 0 N–H and O–H groups in total. The van der Waals surface area contributed by atoms with Gasteiger partial charge in [0.15, 0.2) is 0 Å². The molecule has 8 nitrogen and oxygen atoms in total. The highest BCUT2D eigenvalue weighted by Gasteiger charge is 2.43. The molecule has 2 atom stereocenters. The van der Waals surface area contributed by atoms with Crippen molar-refractivity contribution in [3.63, 3.8) is 0 Å². The van der Waals surface area contributed by atoms with E-state index < -0.39 is 28.4 Å². The van der Waals surface area contributed by atoms with E-state index in [4.69, 9.17) is 20.5 Å². The summed E-state index contributed by atoms with van der Waals surface area (Å²) in [6, 6.07) is 18.0. The van der Waals surface area contributed by atoms with Crippen LogP contribution in [0.1, 0.15) is 53.6 Å². The normalized spacial score (nSPS) is 20.0. The number of aromatic nitrogens is 1. The first-order chi connectivity index (χ1) is 22.6. The molecule has 2 saturated heterocycles. The topological polar surface area (TPSA) is 75.1 Å². The number of hydrogen-bond donors (Lipinski definition) is 0.